The average molecular weight is 398 g/mol. The maximum atomic E-state index is 6.38. The Morgan fingerprint density at radius 1 is 1.15 bits per heavy atom. The molecule has 0 aliphatic carbocycles. The first-order valence-electron chi connectivity index (χ1n) is 8.89. The Bertz CT molecular complexity index is 1120. The van der Waals surface area contributed by atoms with Crippen molar-refractivity contribution in [2.24, 2.45) is 0 Å². The fourth-order valence-corrected chi connectivity index (χ4v) is 4.46. The zero-order valence-electron chi connectivity index (χ0n) is 15.5. The molecule has 27 heavy (non-hydrogen) atoms. The number of benzene rings is 1. The lowest BCUT2D eigenvalue weighted by atomic mass is 10.0. The molecule has 0 atom stereocenters. The third-order valence-electron chi connectivity index (χ3n) is 4.74. The molecule has 1 N–H and O–H groups in total. The van der Waals surface area contributed by atoms with Crippen molar-refractivity contribution in [3.05, 3.63) is 63.6 Å². The van der Waals surface area contributed by atoms with Crippen molar-refractivity contribution < 1.29 is 4.42 Å². The highest BCUT2D eigenvalue weighted by molar-refractivity contribution is 7.18. The van der Waals surface area contributed by atoms with E-state index in [4.69, 9.17) is 16.0 Å². The van der Waals surface area contributed by atoms with Gasteiger partial charge in [0.2, 0.25) is 0 Å². The van der Waals surface area contributed by atoms with E-state index in [2.05, 4.69) is 42.1 Å². The van der Waals surface area contributed by atoms with Gasteiger partial charge < -0.3 is 9.73 Å². The predicted octanol–water partition coefficient (Wildman–Crippen LogP) is 6.40. The van der Waals surface area contributed by atoms with Gasteiger partial charge in [0, 0.05) is 27.4 Å². The number of nitrogens with zero attached hydrogens (tertiary/aromatic N) is 2. The van der Waals surface area contributed by atoms with Crippen molar-refractivity contribution in [3.8, 4) is 11.1 Å². The predicted molar refractivity (Wildman–Crippen MR) is 113 cm³/mol. The van der Waals surface area contributed by atoms with E-state index in [0.717, 1.165) is 50.1 Å². The molecular weight excluding hydrogens is 378 g/mol. The zero-order chi connectivity index (χ0) is 19.0. The molecule has 0 aliphatic heterocycles. The van der Waals surface area contributed by atoms with Gasteiger partial charge in [-0.25, -0.2) is 9.97 Å². The molecule has 0 spiro atoms. The molecular formula is C21H20ClN3OS. The second kappa shape index (κ2) is 7.33. The minimum Gasteiger partial charge on any atom is -0.464 e. The van der Waals surface area contributed by atoms with Gasteiger partial charge in [-0.05, 0) is 31.5 Å². The smallest absolute Gasteiger partial charge is 0.138 e. The van der Waals surface area contributed by atoms with Crippen LogP contribution in [0.1, 0.15) is 28.9 Å². The first-order valence-corrected chi connectivity index (χ1v) is 10.1. The average Bonchev–Trinajstić information content (AvgIpc) is 3.21. The number of rotatable bonds is 5. The summed E-state index contributed by atoms with van der Waals surface area (Å²) in [4.78, 5) is 11.1. The second-order valence-corrected chi connectivity index (χ2v) is 8.03. The molecule has 0 aliphatic rings. The molecule has 0 bridgehead atoms. The fourth-order valence-electron chi connectivity index (χ4n) is 3.23. The molecule has 138 valence electrons. The molecule has 0 radical (unpaired) electrons. The number of furan rings is 1. The summed E-state index contributed by atoms with van der Waals surface area (Å²) >= 11 is 8.08. The van der Waals surface area contributed by atoms with Crippen LogP contribution in [-0.2, 0) is 13.0 Å². The topological polar surface area (TPSA) is 51.0 Å². The van der Waals surface area contributed by atoms with Crippen LogP contribution in [0.5, 0.6) is 0 Å². The van der Waals surface area contributed by atoms with Crippen molar-refractivity contribution >= 4 is 39.0 Å². The second-order valence-electron chi connectivity index (χ2n) is 6.42. The molecule has 6 heteroatoms. The van der Waals surface area contributed by atoms with Gasteiger partial charge >= 0.3 is 0 Å². The van der Waals surface area contributed by atoms with E-state index < -0.39 is 0 Å². The Balaban J connectivity index is 1.64. The van der Waals surface area contributed by atoms with Gasteiger partial charge in [-0.2, -0.15) is 0 Å². The Kier molecular flexibility index (Phi) is 4.89. The van der Waals surface area contributed by atoms with Crippen LogP contribution in [0.3, 0.4) is 0 Å². The van der Waals surface area contributed by atoms with Crippen molar-refractivity contribution in [2.75, 3.05) is 5.32 Å². The Hall–Kier alpha value is -2.37. The SMILES string of the molecule is CCc1oc(CNc2ncnc3sc(C)c(C)c23)cc1-c1ccccc1Cl. The quantitative estimate of drug-likeness (QED) is 0.423. The molecule has 0 saturated carbocycles. The van der Waals surface area contributed by atoms with Gasteiger partial charge in [-0.15, -0.1) is 11.3 Å². The third-order valence-corrected chi connectivity index (χ3v) is 6.19. The normalized spacial score (nSPS) is 11.3. The summed E-state index contributed by atoms with van der Waals surface area (Å²) < 4.78 is 6.08. The summed E-state index contributed by atoms with van der Waals surface area (Å²) in [5.74, 6) is 2.64. The molecule has 0 amide bonds. The largest absolute Gasteiger partial charge is 0.464 e. The lowest BCUT2D eigenvalue weighted by molar-refractivity contribution is 0.476. The maximum absolute atomic E-state index is 6.38. The number of hydrogen-bond donors (Lipinski definition) is 1. The molecule has 0 fully saturated rings. The van der Waals surface area contributed by atoms with Crippen LogP contribution in [0.25, 0.3) is 21.3 Å². The number of nitrogens with one attached hydrogen (secondary N) is 1. The molecule has 4 nitrogen and oxygen atoms in total. The van der Waals surface area contributed by atoms with Gasteiger partial charge in [-0.3, -0.25) is 0 Å². The van der Waals surface area contributed by atoms with Crippen LogP contribution in [-0.4, -0.2) is 9.97 Å². The number of aromatic nitrogens is 2. The highest BCUT2D eigenvalue weighted by Crippen LogP contribution is 2.35. The summed E-state index contributed by atoms with van der Waals surface area (Å²) in [6.07, 6.45) is 2.41. The van der Waals surface area contributed by atoms with Crippen molar-refractivity contribution in [1.29, 1.82) is 0 Å². The molecule has 3 aromatic heterocycles. The van der Waals surface area contributed by atoms with E-state index in [1.165, 1.54) is 10.4 Å². The molecule has 0 unspecified atom stereocenters. The standard InChI is InChI=1S/C21H20ClN3OS/c1-4-18-16(15-7-5-6-8-17(15)22)9-14(26-18)10-23-20-19-12(2)13(3)27-21(19)25-11-24-20/h5-9,11H,4,10H2,1-3H3,(H,23,24,25). The Morgan fingerprint density at radius 2 is 1.96 bits per heavy atom. The minimum atomic E-state index is 0.553. The van der Waals surface area contributed by atoms with Crippen LogP contribution >= 0.6 is 22.9 Å². The maximum Gasteiger partial charge on any atom is 0.138 e. The van der Waals surface area contributed by atoms with E-state index in [0.29, 0.717) is 6.54 Å². The first-order chi connectivity index (χ1) is 13.1. The van der Waals surface area contributed by atoms with Gasteiger partial charge in [-0.1, -0.05) is 36.7 Å². The van der Waals surface area contributed by atoms with Crippen LogP contribution in [0.4, 0.5) is 5.82 Å². The Labute approximate surface area is 167 Å². The summed E-state index contributed by atoms with van der Waals surface area (Å²) in [7, 11) is 0. The van der Waals surface area contributed by atoms with Crippen LogP contribution in [0, 0.1) is 13.8 Å². The van der Waals surface area contributed by atoms with Crippen LogP contribution in [0.2, 0.25) is 5.02 Å². The van der Waals surface area contributed by atoms with Crippen molar-refractivity contribution in [1.82, 2.24) is 9.97 Å². The third kappa shape index (κ3) is 3.33. The minimum absolute atomic E-state index is 0.553. The van der Waals surface area contributed by atoms with Gasteiger partial charge in [0.05, 0.1) is 11.9 Å². The molecule has 4 aromatic rings. The Morgan fingerprint density at radius 3 is 2.74 bits per heavy atom. The lowest BCUT2D eigenvalue weighted by Crippen LogP contribution is -2.01. The summed E-state index contributed by atoms with van der Waals surface area (Å²) in [5.41, 5.74) is 3.28. The monoisotopic (exact) mass is 397 g/mol. The highest BCUT2D eigenvalue weighted by Gasteiger charge is 2.15. The van der Waals surface area contributed by atoms with Crippen molar-refractivity contribution in [2.45, 2.75) is 33.7 Å². The number of hydrogen-bond acceptors (Lipinski definition) is 5. The van der Waals surface area contributed by atoms with E-state index in [-0.39, 0.29) is 0 Å². The molecule has 3 heterocycles. The van der Waals surface area contributed by atoms with Gasteiger partial charge in [0.25, 0.3) is 0 Å². The first kappa shape index (κ1) is 18.0. The number of halogens is 1. The fraction of sp³-hybridized carbons (Fsp3) is 0.238. The number of thiophene rings is 1. The van der Waals surface area contributed by atoms with E-state index in [1.807, 2.05) is 24.3 Å². The molecule has 0 saturated heterocycles. The number of anilines is 1. The van der Waals surface area contributed by atoms with Crippen molar-refractivity contribution in [3.63, 3.8) is 0 Å². The molecule has 1 aromatic carbocycles. The molecule has 4 rings (SSSR count). The van der Waals surface area contributed by atoms with E-state index in [9.17, 15) is 0 Å². The zero-order valence-corrected chi connectivity index (χ0v) is 17.0. The number of fused-ring (bicyclic) bond motifs is 1. The summed E-state index contributed by atoms with van der Waals surface area (Å²) in [6, 6.07) is 9.92. The van der Waals surface area contributed by atoms with Gasteiger partial charge in [0.1, 0.15) is 28.5 Å². The lowest BCUT2D eigenvalue weighted by Gasteiger charge is -2.05. The van der Waals surface area contributed by atoms with Crippen LogP contribution in [0.15, 0.2) is 41.1 Å². The summed E-state index contributed by atoms with van der Waals surface area (Å²) in [5, 5.41) is 5.24. The van der Waals surface area contributed by atoms with E-state index in [1.54, 1.807) is 17.7 Å². The van der Waals surface area contributed by atoms with E-state index >= 15 is 0 Å². The van der Waals surface area contributed by atoms with Crippen LogP contribution < -0.4 is 5.32 Å². The summed E-state index contributed by atoms with van der Waals surface area (Å²) in [6.45, 7) is 6.86. The number of aryl methyl sites for hydroxylation is 3. The van der Waals surface area contributed by atoms with Gasteiger partial charge in [0.15, 0.2) is 0 Å². The highest BCUT2D eigenvalue weighted by atomic mass is 35.5.